The van der Waals surface area contributed by atoms with Crippen LogP contribution in [0.3, 0.4) is 0 Å². The Bertz CT molecular complexity index is 1990. The molecule has 7 atom stereocenters. The zero-order chi connectivity index (χ0) is 44.6. The first-order valence-electron chi connectivity index (χ1n) is 20.5. The van der Waals surface area contributed by atoms with Crippen LogP contribution in [0.2, 0.25) is 0 Å². The summed E-state index contributed by atoms with van der Waals surface area (Å²) in [6.45, 7) is 8.17. The van der Waals surface area contributed by atoms with Gasteiger partial charge in [0.05, 0.1) is 23.3 Å². The number of carbonyl (C=O) groups excluding carboxylic acids is 5. The highest BCUT2D eigenvalue weighted by molar-refractivity contribution is 7.91. The number of halogens is 4. The number of hydrogen-bond acceptors (Lipinski definition) is 9. The van der Waals surface area contributed by atoms with E-state index in [-0.39, 0.29) is 48.6 Å². The molecule has 2 aliphatic carbocycles. The van der Waals surface area contributed by atoms with E-state index in [1.165, 1.54) is 17.0 Å². The molecular weight excluding hydrogens is 815 g/mol. The third kappa shape index (κ3) is 10.0. The summed E-state index contributed by atoms with van der Waals surface area (Å²) in [5.74, 6) is -3.63. The Kier molecular flexibility index (Phi) is 13.6. The van der Waals surface area contributed by atoms with Crippen molar-refractivity contribution in [1.82, 2.24) is 19.8 Å². The van der Waals surface area contributed by atoms with Crippen LogP contribution in [0.1, 0.15) is 115 Å². The molecule has 3 fully saturated rings. The van der Waals surface area contributed by atoms with E-state index in [0.29, 0.717) is 69.9 Å². The van der Waals surface area contributed by atoms with E-state index in [2.05, 4.69) is 10.0 Å². The Labute approximate surface area is 352 Å². The summed E-state index contributed by atoms with van der Waals surface area (Å²) < 4.78 is 92.6. The van der Waals surface area contributed by atoms with Crippen molar-refractivity contribution in [3.05, 3.63) is 47.3 Å². The molecule has 4 N–H and O–H groups in total. The molecule has 5 amide bonds. The van der Waals surface area contributed by atoms with E-state index < -0.39 is 91.8 Å². The van der Waals surface area contributed by atoms with Crippen molar-refractivity contribution in [2.75, 3.05) is 6.54 Å². The van der Waals surface area contributed by atoms with Gasteiger partial charge < -0.3 is 25.4 Å². The molecule has 2 aliphatic heterocycles. The number of amides is 5. The second-order valence-corrected chi connectivity index (χ2v) is 19.8. The second kappa shape index (κ2) is 17.5. The number of sulfonamides is 1. The SMILES string of the molecule is CC[C@H](C[C@H](C)CC/C=C\[C@@H]1C[C@]1(CC)C(=O)NS(=O)(=O)C1(C)CC1)[C@H](NC(=O)OC(C)(C)C(F)(F)F)C(=O)N1C[C@H](OC(=O)N2Cc3cccc(F)c3C2)C[C@H]1C(N)=O.[HH].[HH].[HH]. The summed E-state index contributed by atoms with van der Waals surface area (Å²) in [5, 5.41) is 2.35. The van der Waals surface area contributed by atoms with Gasteiger partial charge in [0, 0.05) is 22.8 Å². The number of alkyl carbamates (subject to hydrolysis) is 1. The molecular formula is C41H63F4N5O9S. The third-order valence-electron chi connectivity index (χ3n) is 12.8. The third-order valence-corrected chi connectivity index (χ3v) is 15.0. The number of likely N-dealkylation sites (tertiary alicyclic amines) is 1. The number of nitrogens with two attached hydrogens (primary N) is 1. The Morgan fingerprint density at radius 2 is 1.80 bits per heavy atom. The van der Waals surface area contributed by atoms with E-state index in [1.807, 2.05) is 26.0 Å². The first kappa shape index (κ1) is 46.6. The highest BCUT2D eigenvalue weighted by Crippen LogP contribution is 2.57. The topological polar surface area (TPSA) is 195 Å². The van der Waals surface area contributed by atoms with Crippen LogP contribution in [0.15, 0.2) is 30.4 Å². The van der Waals surface area contributed by atoms with Gasteiger partial charge in [0.15, 0.2) is 0 Å². The fraction of sp³-hybridized carbons (Fsp3) is 0.683. The predicted molar refractivity (Wildman–Crippen MR) is 217 cm³/mol. The molecule has 0 bridgehead atoms. The van der Waals surface area contributed by atoms with Crippen LogP contribution in [-0.2, 0) is 47.0 Å². The van der Waals surface area contributed by atoms with Gasteiger partial charge in [-0.1, -0.05) is 51.5 Å². The number of nitrogens with one attached hydrogen (secondary N) is 2. The number of nitrogens with zero attached hydrogens (tertiary/aromatic N) is 2. The van der Waals surface area contributed by atoms with Crippen molar-refractivity contribution in [3.63, 3.8) is 0 Å². The van der Waals surface area contributed by atoms with Crippen LogP contribution in [-0.4, -0.2) is 89.4 Å². The van der Waals surface area contributed by atoms with Crippen molar-refractivity contribution >= 4 is 39.9 Å². The van der Waals surface area contributed by atoms with Gasteiger partial charge in [-0.3, -0.25) is 24.0 Å². The predicted octanol–water partition coefficient (Wildman–Crippen LogP) is 6.71. The van der Waals surface area contributed by atoms with Crippen LogP contribution in [0.5, 0.6) is 0 Å². The molecule has 2 heterocycles. The molecule has 1 saturated heterocycles. The number of allylic oxidation sites excluding steroid dienone is 2. The van der Waals surface area contributed by atoms with Crippen molar-refractivity contribution in [2.24, 2.45) is 28.9 Å². The van der Waals surface area contributed by atoms with Gasteiger partial charge in [-0.05, 0) is 95.1 Å². The van der Waals surface area contributed by atoms with Gasteiger partial charge in [-0.15, -0.1) is 0 Å². The summed E-state index contributed by atoms with van der Waals surface area (Å²) in [6.07, 6.45) is -0.923. The van der Waals surface area contributed by atoms with Crippen LogP contribution < -0.4 is 15.8 Å². The molecule has 0 aromatic heterocycles. The number of rotatable bonds is 17. The Morgan fingerprint density at radius 1 is 1.12 bits per heavy atom. The lowest BCUT2D eigenvalue weighted by atomic mass is 9.85. The van der Waals surface area contributed by atoms with Crippen molar-refractivity contribution in [1.29, 1.82) is 0 Å². The Morgan fingerprint density at radius 3 is 2.38 bits per heavy atom. The lowest BCUT2D eigenvalue weighted by molar-refractivity contribution is -0.244. The normalized spacial score (nSPS) is 24.9. The standard InChI is InChI=1S/C41H57F4N5O9S.3H2/c1-7-25(18-24(3)12-9-10-14-27-20-40(27,8-2)35(53)48-60(56,57)39(6)16-17-39)32(47-36(54)59-38(4,5)41(43,44)45)34(52)50-22-28(19-31(50)33(46)51)58-37(55)49-21-26-13-11-15-30(42)29(26)23-49;;;/h10-11,13-15,24-25,27-28,31-32H,7-9,12,16-23H2,1-6H3,(H2,46,51)(H,47,54)(H,48,53);3*1H/b14-10-;;;/t24-,25-,27-,28-,31+,32+,40+;;;/m1.../s1. The second-order valence-electron chi connectivity index (χ2n) is 17.6. The highest BCUT2D eigenvalue weighted by Gasteiger charge is 2.60. The van der Waals surface area contributed by atoms with Crippen molar-refractivity contribution in [3.8, 4) is 0 Å². The summed E-state index contributed by atoms with van der Waals surface area (Å²) in [5.41, 5.74) is 2.94. The molecule has 1 aromatic rings. The largest absolute Gasteiger partial charge is 0.444 e. The minimum Gasteiger partial charge on any atom is -0.444 e. The maximum Gasteiger partial charge on any atom is 0.427 e. The molecule has 340 valence electrons. The van der Waals surface area contributed by atoms with Crippen LogP contribution in [0.4, 0.5) is 27.2 Å². The number of carbonyl (C=O) groups is 5. The Hall–Kier alpha value is -4.42. The monoisotopic (exact) mass is 877 g/mol. The number of ether oxygens (including phenoxy) is 2. The highest BCUT2D eigenvalue weighted by atomic mass is 32.2. The molecule has 19 heteroatoms. The number of alkyl halides is 3. The van der Waals surface area contributed by atoms with Gasteiger partial charge in [0.1, 0.15) is 24.0 Å². The van der Waals surface area contributed by atoms with Crippen LogP contribution in [0.25, 0.3) is 0 Å². The van der Waals surface area contributed by atoms with E-state index in [0.717, 1.165) is 4.90 Å². The first-order valence-corrected chi connectivity index (χ1v) is 22.0. The number of fused-ring (bicyclic) bond motifs is 1. The number of hydrogen-bond donors (Lipinski definition) is 3. The molecule has 0 spiro atoms. The average Bonchev–Trinajstić information content (AvgIpc) is 3.97. The Balaban J connectivity index is 0.00000455. The fourth-order valence-corrected chi connectivity index (χ4v) is 9.48. The van der Waals surface area contributed by atoms with Gasteiger partial charge in [-0.25, -0.2) is 22.4 Å². The zero-order valence-electron chi connectivity index (χ0n) is 34.9. The van der Waals surface area contributed by atoms with Crippen molar-refractivity contribution < 1.29 is 63.7 Å². The van der Waals surface area contributed by atoms with Gasteiger partial charge in [0.25, 0.3) is 0 Å². The van der Waals surface area contributed by atoms with Gasteiger partial charge in [0.2, 0.25) is 33.3 Å². The molecule has 60 heavy (non-hydrogen) atoms. The lowest BCUT2D eigenvalue weighted by Gasteiger charge is -2.34. The average molecular weight is 878 g/mol. The molecule has 14 nitrogen and oxygen atoms in total. The number of primary amides is 1. The molecule has 4 aliphatic rings. The lowest BCUT2D eigenvalue weighted by Crippen LogP contribution is -2.57. The minimum absolute atomic E-state index is 0. The molecule has 1 aromatic carbocycles. The minimum atomic E-state index is -4.94. The van der Waals surface area contributed by atoms with E-state index in [9.17, 15) is 50.0 Å². The van der Waals surface area contributed by atoms with E-state index >= 15 is 0 Å². The number of benzene rings is 1. The van der Waals surface area contributed by atoms with Gasteiger partial charge >= 0.3 is 18.4 Å². The quantitative estimate of drug-likeness (QED) is 0.113. The van der Waals surface area contributed by atoms with Crippen molar-refractivity contribution in [2.45, 2.75) is 147 Å². The van der Waals surface area contributed by atoms with Crippen LogP contribution in [0, 0.1) is 29.0 Å². The van der Waals surface area contributed by atoms with Gasteiger partial charge in [-0.2, -0.15) is 13.2 Å². The van der Waals surface area contributed by atoms with E-state index in [1.54, 1.807) is 19.9 Å². The molecule has 0 radical (unpaired) electrons. The maximum absolute atomic E-state index is 14.4. The van der Waals surface area contributed by atoms with Crippen LogP contribution >= 0.6 is 0 Å². The van der Waals surface area contributed by atoms with E-state index in [4.69, 9.17) is 15.2 Å². The maximum atomic E-state index is 14.4. The molecule has 5 rings (SSSR count). The molecule has 0 unspecified atom stereocenters. The fourth-order valence-electron chi connectivity index (χ4n) is 8.15. The smallest absolute Gasteiger partial charge is 0.427 e. The zero-order valence-corrected chi connectivity index (χ0v) is 35.7. The summed E-state index contributed by atoms with van der Waals surface area (Å²) in [6, 6.07) is 1.73. The summed E-state index contributed by atoms with van der Waals surface area (Å²) in [4.78, 5) is 68.8. The summed E-state index contributed by atoms with van der Waals surface area (Å²) >= 11 is 0. The first-order chi connectivity index (χ1) is 27.9. The summed E-state index contributed by atoms with van der Waals surface area (Å²) in [7, 11) is -3.77. The molecule has 2 saturated carbocycles.